The van der Waals surface area contributed by atoms with Gasteiger partial charge in [-0.3, -0.25) is 0 Å². The van der Waals surface area contributed by atoms with Crippen LogP contribution in [0.15, 0.2) is 33.9 Å². The first-order valence-electron chi connectivity index (χ1n) is 6.38. The highest BCUT2D eigenvalue weighted by molar-refractivity contribution is 7.89. The van der Waals surface area contributed by atoms with Gasteiger partial charge in [0.1, 0.15) is 5.82 Å². The molecule has 0 aliphatic carbocycles. The molecule has 0 bridgehead atoms. The smallest absolute Gasteiger partial charge is 0.241 e. The fraction of sp³-hybridized carbons (Fsp3) is 0.286. The maximum atomic E-state index is 13.3. The van der Waals surface area contributed by atoms with Gasteiger partial charge in [0, 0.05) is 6.04 Å². The second-order valence-electron chi connectivity index (χ2n) is 5.00. The monoisotopic (exact) mass is 328 g/mol. The van der Waals surface area contributed by atoms with Gasteiger partial charge in [0.05, 0.1) is 10.6 Å². The van der Waals surface area contributed by atoms with Crippen LogP contribution in [0, 0.1) is 12.7 Å². The Morgan fingerprint density at radius 3 is 2.76 bits per heavy atom. The van der Waals surface area contributed by atoms with Crippen LogP contribution in [-0.2, 0) is 16.4 Å². The van der Waals surface area contributed by atoms with Crippen LogP contribution in [-0.4, -0.2) is 14.5 Å². The Morgan fingerprint density at radius 2 is 2.14 bits per heavy atom. The molecular weight excluding hydrogens is 311 g/mol. The molecule has 2 aromatic rings. The third kappa shape index (κ3) is 3.81. The molecule has 1 unspecified atom stereocenters. The van der Waals surface area contributed by atoms with E-state index in [-0.39, 0.29) is 16.6 Å². The van der Waals surface area contributed by atoms with Crippen LogP contribution in [0.2, 0.25) is 0 Å². The molecule has 2 rings (SSSR count). The minimum atomic E-state index is -3.73. The van der Waals surface area contributed by atoms with E-state index in [1.54, 1.807) is 25.2 Å². The van der Waals surface area contributed by atoms with Gasteiger partial charge in [0.15, 0.2) is 0 Å². The van der Waals surface area contributed by atoms with Crippen LogP contribution in [0.4, 0.5) is 10.1 Å². The molecule has 0 amide bonds. The normalized spacial score (nSPS) is 13.3. The van der Waals surface area contributed by atoms with Crippen molar-refractivity contribution >= 4 is 27.0 Å². The summed E-state index contributed by atoms with van der Waals surface area (Å²) in [6, 6.07) is 3.98. The van der Waals surface area contributed by atoms with Gasteiger partial charge in [-0.2, -0.15) is 11.3 Å². The zero-order chi connectivity index (χ0) is 15.6. The van der Waals surface area contributed by atoms with Crippen LogP contribution in [0.5, 0.6) is 0 Å². The van der Waals surface area contributed by atoms with Crippen LogP contribution in [0.1, 0.15) is 18.1 Å². The van der Waals surface area contributed by atoms with Crippen molar-refractivity contribution in [2.24, 2.45) is 0 Å². The minimum Gasteiger partial charge on any atom is -0.396 e. The number of rotatable bonds is 5. The highest BCUT2D eigenvalue weighted by atomic mass is 32.2. The standard InChI is InChI=1S/C14H17FN2O2S2/c1-9-5-12(15)13(16)7-14(9)21(18,19)17-10(2)6-11-3-4-20-8-11/h3-5,7-8,10,17H,6,16H2,1-2H3. The van der Waals surface area contributed by atoms with E-state index >= 15 is 0 Å². The van der Waals surface area contributed by atoms with E-state index in [0.29, 0.717) is 12.0 Å². The summed E-state index contributed by atoms with van der Waals surface area (Å²) in [6.07, 6.45) is 0.596. The third-order valence-corrected chi connectivity index (χ3v) is 5.53. The van der Waals surface area contributed by atoms with Crippen molar-refractivity contribution in [2.75, 3.05) is 5.73 Å². The Hall–Kier alpha value is -1.44. The molecule has 0 fully saturated rings. The Labute approximate surface area is 127 Å². The van der Waals surface area contributed by atoms with Crippen molar-refractivity contribution in [3.8, 4) is 0 Å². The molecule has 21 heavy (non-hydrogen) atoms. The van der Waals surface area contributed by atoms with E-state index in [1.807, 2.05) is 16.8 Å². The number of benzene rings is 1. The zero-order valence-electron chi connectivity index (χ0n) is 11.8. The topological polar surface area (TPSA) is 72.2 Å². The summed E-state index contributed by atoms with van der Waals surface area (Å²) in [7, 11) is -3.73. The molecule has 1 aromatic heterocycles. The average molecular weight is 328 g/mol. The fourth-order valence-corrected chi connectivity index (χ4v) is 4.28. The van der Waals surface area contributed by atoms with Gasteiger partial charge in [-0.15, -0.1) is 0 Å². The lowest BCUT2D eigenvalue weighted by atomic mass is 10.1. The van der Waals surface area contributed by atoms with Crippen LogP contribution >= 0.6 is 11.3 Å². The molecule has 0 saturated heterocycles. The lowest BCUT2D eigenvalue weighted by Gasteiger charge is -2.15. The summed E-state index contributed by atoms with van der Waals surface area (Å²) in [4.78, 5) is 0.0126. The van der Waals surface area contributed by atoms with Crippen molar-refractivity contribution in [1.29, 1.82) is 0 Å². The quantitative estimate of drug-likeness (QED) is 0.829. The highest BCUT2D eigenvalue weighted by Gasteiger charge is 2.21. The van der Waals surface area contributed by atoms with Crippen molar-refractivity contribution in [3.63, 3.8) is 0 Å². The number of nitrogen functional groups attached to an aromatic ring is 1. The minimum absolute atomic E-state index is 0.0126. The number of anilines is 1. The Bertz CT molecular complexity index is 728. The Balaban J connectivity index is 2.20. The van der Waals surface area contributed by atoms with E-state index in [1.165, 1.54) is 0 Å². The predicted octanol–water partition coefficient (Wildman–Crippen LogP) is 2.69. The summed E-state index contributed by atoms with van der Waals surface area (Å²) in [5, 5.41) is 3.92. The number of nitrogens with one attached hydrogen (secondary N) is 1. The summed E-state index contributed by atoms with van der Waals surface area (Å²) >= 11 is 1.57. The number of aryl methyl sites for hydroxylation is 1. The number of thiophene rings is 1. The van der Waals surface area contributed by atoms with Crippen LogP contribution in [0.25, 0.3) is 0 Å². The lowest BCUT2D eigenvalue weighted by molar-refractivity contribution is 0.559. The summed E-state index contributed by atoms with van der Waals surface area (Å²) in [6.45, 7) is 3.33. The summed E-state index contributed by atoms with van der Waals surface area (Å²) < 4.78 is 40.7. The first-order chi connectivity index (χ1) is 9.79. The van der Waals surface area contributed by atoms with Crippen molar-refractivity contribution in [2.45, 2.75) is 31.2 Å². The molecule has 114 valence electrons. The zero-order valence-corrected chi connectivity index (χ0v) is 13.4. The molecule has 0 aliphatic rings. The molecule has 1 heterocycles. The number of sulfonamides is 1. The predicted molar refractivity (Wildman–Crippen MR) is 83.4 cm³/mol. The maximum absolute atomic E-state index is 13.3. The lowest BCUT2D eigenvalue weighted by Crippen LogP contribution is -2.34. The molecule has 1 atom stereocenters. The van der Waals surface area contributed by atoms with Crippen molar-refractivity contribution in [3.05, 3.63) is 45.9 Å². The van der Waals surface area contributed by atoms with Gasteiger partial charge in [0.25, 0.3) is 0 Å². The largest absolute Gasteiger partial charge is 0.396 e. The first-order valence-corrected chi connectivity index (χ1v) is 8.81. The fourth-order valence-electron chi connectivity index (χ4n) is 2.09. The van der Waals surface area contributed by atoms with Gasteiger partial charge < -0.3 is 5.73 Å². The molecule has 0 spiro atoms. The van der Waals surface area contributed by atoms with Crippen molar-refractivity contribution in [1.82, 2.24) is 4.72 Å². The molecule has 4 nitrogen and oxygen atoms in total. The van der Waals surface area contributed by atoms with Gasteiger partial charge in [0.2, 0.25) is 10.0 Å². The van der Waals surface area contributed by atoms with Gasteiger partial charge in [-0.25, -0.2) is 17.5 Å². The summed E-state index contributed by atoms with van der Waals surface area (Å²) in [5.74, 6) is -0.613. The van der Waals surface area contributed by atoms with Crippen LogP contribution in [0.3, 0.4) is 0 Å². The molecule has 7 heteroatoms. The maximum Gasteiger partial charge on any atom is 0.241 e. The number of hydrogen-bond donors (Lipinski definition) is 2. The van der Waals surface area contributed by atoms with E-state index in [0.717, 1.165) is 17.7 Å². The Kier molecular flexibility index (Phi) is 4.65. The number of hydrogen-bond acceptors (Lipinski definition) is 4. The van der Waals surface area contributed by atoms with E-state index in [4.69, 9.17) is 5.73 Å². The molecular formula is C14H17FN2O2S2. The number of halogens is 1. The van der Waals surface area contributed by atoms with Gasteiger partial charge in [-0.05, 0) is 60.4 Å². The molecule has 1 aromatic carbocycles. The molecule has 0 radical (unpaired) electrons. The van der Waals surface area contributed by atoms with Gasteiger partial charge >= 0.3 is 0 Å². The van der Waals surface area contributed by atoms with E-state index < -0.39 is 15.8 Å². The number of nitrogens with two attached hydrogens (primary N) is 1. The SMILES string of the molecule is Cc1cc(F)c(N)cc1S(=O)(=O)NC(C)Cc1ccsc1. The molecule has 3 N–H and O–H groups in total. The molecule has 0 saturated carbocycles. The molecule has 0 aliphatic heterocycles. The average Bonchev–Trinajstić information content (AvgIpc) is 2.85. The second-order valence-corrected chi connectivity index (χ2v) is 7.46. The third-order valence-electron chi connectivity index (χ3n) is 3.06. The second kappa shape index (κ2) is 6.13. The van der Waals surface area contributed by atoms with Crippen LogP contribution < -0.4 is 10.5 Å². The van der Waals surface area contributed by atoms with Gasteiger partial charge in [-0.1, -0.05) is 0 Å². The summed E-state index contributed by atoms with van der Waals surface area (Å²) in [5.41, 5.74) is 6.69. The van der Waals surface area contributed by atoms with E-state index in [9.17, 15) is 12.8 Å². The highest BCUT2D eigenvalue weighted by Crippen LogP contribution is 2.22. The van der Waals surface area contributed by atoms with E-state index in [2.05, 4.69) is 4.72 Å². The van der Waals surface area contributed by atoms with Crippen molar-refractivity contribution < 1.29 is 12.8 Å². The Morgan fingerprint density at radius 1 is 1.43 bits per heavy atom. The first kappa shape index (κ1) is 15.9.